The lowest BCUT2D eigenvalue weighted by atomic mass is 10.1. The van der Waals surface area contributed by atoms with E-state index in [4.69, 9.17) is 16.3 Å². The lowest BCUT2D eigenvalue weighted by Crippen LogP contribution is -2.46. The Balaban J connectivity index is 1.71. The third-order valence-electron chi connectivity index (χ3n) is 4.81. The minimum Gasteiger partial charge on any atom is -0.454 e. The smallest absolute Gasteiger partial charge is 0.328 e. The van der Waals surface area contributed by atoms with E-state index in [-0.39, 0.29) is 17.7 Å². The Morgan fingerprint density at radius 2 is 1.61 bits per heavy atom. The van der Waals surface area contributed by atoms with Gasteiger partial charge in [0.05, 0.1) is 4.90 Å². The topological polar surface area (TPSA) is 89.5 Å². The van der Waals surface area contributed by atoms with Gasteiger partial charge in [-0.1, -0.05) is 42.6 Å². The SMILES string of the molecule is O=C(COC(=O)C1(S(=O)(=O)c2ccccc2)CCCC1)Nc1ccc(Cl)cc1. The number of halogens is 1. The summed E-state index contributed by atoms with van der Waals surface area (Å²) in [4.78, 5) is 24.9. The van der Waals surface area contributed by atoms with Gasteiger partial charge in [0.1, 0.15) is 0 Å². The maximum Gasteiger partial charge on any atom is 0.328 e. The summed E-state index contributed by atoms with van der Waals surface area (Å²) in [5.74, 6) is -1.43. The van der Waals surface area contributed by atoms with Crippen LogP contribution in [0.4, 0.5) is 5.69 Å². The Hall–Kier alpha value is -2.38. The number of carbonyl (C=O) groups is 2. The summed E-state index contributed by atoms with van der Waals surface area (Å²) >= 11 is 5.79. The monoisotopic (exact) mass is 421 g/mol. The lowest BCUT2D eigenvalue weighted by molar-refractivity contribution is -0.149. The second-order valence-corrected chi connectivity index (χ2v) is 9.35. The zero-order valence-electron chi connectivity index (χ0n) is 15.1. The van der Waals surface area contributed by atoms with E-state index in [1.807, 2.05) is 0 Å². The van der Waals surface area contributed by atoms with Crippen LogP contribution in [0.5, 0.6) is 0 Å². The minimum absolute atomic E-state index is 0.0828. The number of nitrogens with one attached hydrogen (secondary N) is 1. The molecule has 0 radical (unpaired) electrons. The van der Waals surface area contributed by atoms with Gasteiger partial charge in [0.2, 0.25) is 0 Å². The molecule has 0 atom stereocenters. The lowest BCUT2D eigenvalue weighted by Gasteiger charge is -2.26. The van der Waals surface area contributed by atoms with Gasteiger partial charge in [0, 0.05) is 10.7 Å². The highest BCUT2D eigenvalue weighted by Gasteiger charge is 2.54. The van der Waals surface area contributed by atoms with Crippen LogP contribution in [0.25, 0.3) is 0 Å². The Morgan fingerprint density at radius 3 is 2.21 bits per heavy atom. The van der Waals surface area contributed by atoms with Crippen LogP contribution < -0.4 is 5.32 Å². The van der Waals surface area contributed by atoms with E-state index in [0.717, 1.165) is 0 Å². The Kier molecular flexibility index (Phi) is 6.05. The zero-order valence-corrected chi connectivity index (χ0v) is 16.6. The van der Waals surface area contributed by atoms with Gasteiger partial charge in [-0.05, 0) is 49.2 Å². The van der Waals surface area contributed by atoms with Crippen LogP contribution in [0.2, 0.25) is 5.02 Å². The first kappa shape index (κ1) is 20.4. The van der Waals surface area contributed by atoms with Crippen LogP contribution in [-0.2, 0) is 24.2 Å². The number of esters is 1. The van der Waals surface area contributed by atoms with Crippen LogP contribution in [0.15, 0.2) is 59.5 Å². The van der Waals surface area contributed by atoms with Gasteiger partial charge in [-0.15, -0.1) is 0 Å². The predicted molar refractivity (Wildman–Crippen MR) is 106 cm³/mol. The normalized spacial score (nSPS) is 15.8. The summed E-state index contributed by atoms with van der Waals surface area (Å²) in [5.41, 5.74) is 0.498. The molecule has 1 aliphatic carbocycles. The molecule has 0 spiro atoms. The average molecular weight is 422 g/mol. The fourth-order valence-electron chi connectivity index (χ4n) is 3.35. The van der Waals surface area contributed by atoms with E-state index < -0.39 is 33.1 Å². The molecule has 6 nitrogen and oxygen atoms in total. The van der Waals surface area contributed by atoms with Crippen LogP contribution >= 0.6 is 11.6 Å². The molecule has 0 aliphatic heterocycles. The van der Waals surface area contributed by atoms with E-state index in [0.29, 0.717) is 23.6 Å². The van der Waals surface area contributed by atoms with Crippen molar-refractivity contribution in [3.8, 4) is 0 Å². The van der Waals surface area contributed by atoms with Crippen molar-refractivity contribution in [3.63, 3.8) is 0 Å². The molecule has 0 aromatic heterocycles. The molecule has 1 N–H and O–H groups in total. The first-order valence-electron chi connectivity index (χ1n) is 8.87. The zero-order chi connectivity index (χ0) is 20.2. The predicted octanol–water partition coefficient (Wildman–Crippen LogP) is 3.61. The van der Waals surface area contributed by atoms with Gasteiger partial charge in [-0.25, -0.2) is 8.42 Å². The average Bonchev–Trinajstić information content (AvgIpc) is 3.20. The number of benzene rings is 2. The van der Waals surface area contributed by atoms with Crippen LogP contribution in [-0.4, -0.2) is 31.6 Å². The summed E-state index contributed by atoms with van der Waals surface area (Å²) < 4.78 is 29.8. The van der Waals surface area contributed by atoms with E-state index in [9.17, 15) is 18.0 Å². The molecule has 2 aromatic carbocycles. The highest BCUT2D eigenvalue weighted by molar-refractivity contribution is 7.93. The fourth-order valence-corrected chi connectivity index (χ4v) is 5.54. The number of ether oxygens (including phenoxy) is 1. The van der Waals surface area contributed by atoms with E-state index in [1.54, 1.807) is 42.5 Å². The number of hydrogen-bond acceptors (Lipinski definition) is 5. The third kappa shape index (κ3) is 4.05. The Labute approximate surface area is 168 Å². The van der Waals surface area contributed by atoms with Crippen molar-refractivity contribution in [2.45, 2.75) is 35.3 Å². The standard InChI is InChI=1S/C20H20ClNO5S/c21-15-8-10-16(11-9-15)22-18(23)14-27-19(24)20(12-4-5-13-20)28(25,26)17-6-2-1-3-7-17/h1-3,6-11H,4-5,12-14H2,(H,22,23). The molecule has 1 aliphatic rings. The van der Waals surface area contributed by atoms with Crippen LogP contribution in [0, 0.1) is 0 Å². The molecule has 0 bridgehead atoms. The first-order chi connectivity index (χ1) is 13.3. The van der Waals surface area contributed by atoms with Crippen molar-refractivity contribution in [1.29, 1.82) is 0 Å². The van der Waals surface area contributed by atoms with Crippen LogP contribution in [0.1, 0.15) is 25.7 Å². The van der Waals surface area contributed by atoms with Crippen molar-refractivity contribution in [2.75, 3.05) is 11.9 Å². The molecule has 148 valence electrons. The maximum atomic E-state index is 13.2. The molecule has 1 fully saturated rings. The maximum absolute atomic E-state index is 13.2. The van der Waals surface area contributed by atoms with Crippen molar-refractivity contribution < 1.29 is 22.7 Å². The van der Waals surface area contributed by atoms with E-state index in [2.05, 4.69) is 5.32 Å². The third-order valence-corrected chi connectivity index (χ3v) is 7.56. The van der Waals surface area contributed by atoms with Crippen molar-refractivity contribution in [3.05, 3.63) is 59.6 Å². The first-order valence-corrected chi connectivity index (χ1v) is 10.7. The molecule has 28 heavy (non-hydrogen) atoms. The van der Waals surface area contributed by atoms with Gasteiger partial charge in [0.15, 0.2) is 21.2 Å². The Bertz CT molecular complexity index is 952. The number of anilines is 1. The van der Waals surface area contributed by atoms with E-state index >= 15 is 0 Å². The number of rotatable bonds is 6. The number of amides is 1. The molecule has 0 unspecified atom stereocenters. The fraction of sp³-hybridized carbons (Fsp3) is 0.300. The second kappa shape index (κ2) is 8.32. The van der Waals surface area contributed by atoms with Crippen molar-refractivity contribution >= 4 is 39.0 Å². The second-order valence-electron chi connectivity index (χ2n) is 6.65. The molecule has 1 saturated carbocycles. The largest absolute Gasteiger partial charge is 0.454 e. The van der Waals surface area contributed by atoms with Gasteiger partial charge in [-0.3, -0.25) is 9.59 Å². The van der Waals surface area contributed by atoms with E-state index in [1.165, 1.54) is 12.1 Å². The van der Waals surface area contributed by atoms with Crippen LogP contribution in [0.3, 0.4) is 0 Å². The van der Waals surface area contributed by atoms with Gasteiger partial charge >= 0.3 is 5.97 Å². The highest BCUT2D eigenvalue weighted by atomic mass is 35.5. The molecule has 1 amide bonds. The number of hydrogen-bond donors (Lipinski definition) is 1. The number of carbonyl (C=O) groups excluding carboxylic acids is 2. The quantitative estimate of drug-likeness (QED) is 0.719. The molecule has 0 heterocycles. The number of sulfone groups is 1. The summed E-state index contributed by atoms with van der Waals surface area (Å²) in [6.45, 7) is -0.562. The molecule has 2 aromatic rings. The molecular weight excluding hydrogens is 402 g/mol. The Morgan fingerprint density at radius 1 is 1.00 bits per heavy atom. The molecule has 0 saturated heterocycles. The van der Waals surface area contributed by atoms with Crippen molar-refractivity contribution in [1.82, 2.24) is 0 Å². The molecule has 8 heteroatoms. The summed E-state index contributed by atoms with van der Waals surface area (Å²) in [6.07, 6.45) is 1.58. The van der Waals surface area contributed by atoms with Gasteiger partial charge in [0.25, 0.3) is 5.91 Å². The summed E-state index contributed by atoms with van der Waals surface area (Å²) in [7, 11) is -3.93. The summed E-state index contributed by atoms with van der Waals surface area (Å²) in [6, 6.07) is 14.3. The highest BCUT2D eigenvalue weighted by Crippen LogP contribution is 2.41. The molecular formula is C20H20ClNO5S. The molecule has 3 rings (SSSR count). The summed E-state index contributed by atoms with van der Waals surface area (Å²) in [5, 5.41) is 3.10. The van der Waals surface area contributed by atoms with Gasteiger partial charge < -0.3 is 10.1 Å². The van der Waals surface area contributed by atoms with Gasteiger partial charge in [-0.2, -0.15) is 0 Å². The minimum atomic E-state index is -3.93. The van der Waals surface area contributed by atoms with Crippen molar-refractivity contribution in [2.24, 2.45) is 0 Å².